The highest BCUT2D eigenvalue weighted by atomic mass is 16.3. The van der Waals surface area contributed by atoms with Crippen LogP contribution in [-0.2, 0) is 4.79 Å². The Kier molecular flexibility index (Phi) is 3.09. The fourth-order valence-electron chi connectivity index (χ4n) is 2.26. The minimum atomic E-state index is 0.151. The van der Waals surface area contributed by atoms with Gasteiger partial charge in [0, 0.05) is 13.5 Å². The minimum Gasteiger partial charge on any atom is -0.467 e. The molecule has 2 heterocycles. The normalized spacial score (nSPS) is 22.5. The average molecular weight is 207 g/mol. The van der Waals surface area contributed by atoms with Crippen LogP contribution in [0.25, 0.3) is 0 Å². The molecule has 0 saturated carbocycles. The van der Waals surface area contributed by atoms with Crippen molar-refractivity contribution in [3.05, 3.63) is 24.2 Å². The van der Waals surface area contributed by atoms with Crippen LogP contribution in [0, 0.1) is 0 Å². The van der Waals surface area contributed by atoms with E-state index in [0.29, 0.717) is 0 Å². The van der Waals surface area contributed by atoms with Crippen LogP contribution in [0.15, 0.2) is 22.8 Å². The molecular formula is C12H17NO2. The summed E-state index contributed by atoms with van der Waals surface area (Å²) in [4.78, 5) is 13.5. The summed E-state index contributed by atoms with van der Waals surface area (Å²) in [5, 5.41) is 0. The Balaban J connectivity index is 2.20. The van der Waals surface area contributed by atoms with E-state index in [-0.39, 0.29) is 11.9 Å². The van der Waals surface area contributed by atoms with Crippen LogP contribution in [0.1, 0.15) is 44.4 Å². The largest absolute Gasteiger partial charge is 0.467 e. The van der Waals surface area contributed by atoms with Crippen LogP contribution in [0.3, 0.4) is 0 Å². The molecule has 1 aromatic rings. The van der Waals surface area contributed by atoms with E-state index in [1.54, 1.807) is 13.2 Å². The maximum Gasteiger partial charge on any atom is 0.220 e. The fourth-order valence-corrected chi connectivity index (χ4v) is 2.26. The standard InChI is InChI=1S/C12H17NO2/c1-10(14)13-8-4-2-3-6-11(13)12-7-5-9-15-12/h5,7,9,11H,2-4,6,8H2,1H3. The summed E-state index contributed by atoms with van der Waals surface area (Å²) >= 11 is 0. The third kappa shape index (κ3) is 2.22. The quantitative estimate of drug-likeness (QED) is 0.709. The molecule has 82 valence electrons. The van der Waals surface area contributed by atoms with Crippen molar-refractivity contribution in [1.82, 2.24) is 4.90 Å². The Morgan fingerprint density at radius 3 is 3.00 bits per heavy atom. The van der Waals surface area contributed by atoms with Gasteiger partial charge in [0.1, 0.15) is 5.76 Å². The van der Waals surface area contributed by atoms with Gasteiger partial charge in [0.05, 0.1) is 12.3 Å². The number of carbonyl (C=O) groups is 1. The molecular weight excluding hydrogens is 190 g/mol. The summed E-state index contributed by atoms with van der Waals surface area (Å²) in [5.41, 5.74) is 0. The zero-order valence-corrected chi connectivity index (χ0v) is 9.11. The van der Waals surface area contributed by atoms with Crippen molar-refractivity contribution < 1.29 is 9.21 Å². The van der Waals surface area contributed by atoms with E-state index in [1.165, 1.54) is 12.8 Å². The average Bonchev–Trinajstić information content (AvgIpc) is 2.61. The summed E-state index contributed by atoms with van der Waals surface area (Å²) in [5.74, 6) is 1.07. The summed E-state index contributed by atoms with van der Waals surface area (Å²) in [6.07, 6.45) is 6.19. The van der Waals surface area contributed by atoms with Gasteiger partial charge in [-0.15, -0.1) is 0 Å². The molecule has 3 heteroatoms. The molecule has 1 aromatic heterocycles. The zero-order valence-electron chi connectivity index (χ0n) is 9.11. The predicted octanol–water partition coefficient (Wildman–Crippen LogP) is 2.74. The molecule has 1 saturated heterocycles. The number of furan rings is 1. The molecule has 0 aliphatic carbocycles. The van der Waals surface area contributed by atoms with Crippen LogP contribution in [0.5, 0.6) is 0 Å². The first-order valence-electron chi connectivity index (χ1n) is 5.59. The number of amides is 1. The number of hydrogen-bond donors (Lipinski definition) is 0. The Hall–Kier alpha value is -1.25. The zero-order chi connectivity index (χ0) is 10.7. The van der Waals surface area contributed by atoms with Crippen molar-refractivity contribution in [1.29, 1.82) is 0 Å². The summed E-state index contributed by atoms with van der Waals surface area (Å²) in [6, 6.07) is 4.00. The van der Waals surface area contributed by atoms with Gasteiger partial charge in [-0.1, -0.05) is 12.8 Å². The van der Waals surface area contributed by atoms with Gasteiger partial charge in [-0.25, -0.2) is 0 Å². The number of likely N-dealkylation sites (tertiary alicyclic amines) is 1. The Morgan fingerprint density at radius 2 is 2.33 bits per heavy atom. The SMILES string of the molecule is CC(=O)N1CCCCCC1c1ccco1. The lowest BCUT2D eigenvalue weighted by Crippen LogP contribution is -2.32. The third-order valence-electron chi connectivity index (χ3n) is 3.03. The van der Waals surface area contributed by atoms with Gasteiger partial charge in [-0.3, -0.25) is 4.79 Å². The monoisotopic (exact) mass is 207 g/mol. The smallest absolute Gasteiger partial charge is 0.220 e. The molecule has 1 aliphatic heterocycles. The number of rotatable bonds is 1. The Bertz CT molecular complexity index is 318. The van der Waals surface area contributed by atoms with E-state index >= 15 is 0 Å². The van der Waals surface area contributed by atoms with E-state index in [1.807, 2.05) is 17.0 Å². The number of carbonyl (C=O) groups excluding carboxylic acids is 1. The van der Waals surface area contributed by atoms with Gasteiger partial charge in [0.25, 0.3) is 0 Å². The van der Waals surface area contributed by atoms with Crippen molar-refractivity contribution in [2.24, 2.45) is 0 Å². The lowest BCUT2D eigenvalue weighted by molar-refractivity contribution is -0.131. The summed E-state index contributed by atoms with van der Waals surface area (Å²) < 4.78 is 5.42. The second-order valence-electron chi connectivity index (χ2n) is 4.09. The molecule has 1 aliphatic rings. The van der Waals surface area contributed by atoms with Gasteiger partial charge >= 0.3 is 0 Å². The van der Waals surface area contributed by atoms with E-state index in [2.05, 4.69) is 0 Å². The van der Waals surface area contributed by atoms with Crippen molar-refractivity contribution in [3.63, 3.8) is 0 Å². The number of hydrogen-bond acceptors (Lipinski definition) is 2. The first-order valence-corrected chi connectivity index (χ1v) is 5.59. The molecule has 0 N–H and O–H groups in total. The van der Waals surface area contributed by atoms with E-state index in [0.717, 1.165) is 25.1 Å². The molecule has 1 fully saturated rings. The van der Waals surface area contributed by atoms with Crippen molar-refractivity contribution in [3.8, 4) is 0 Å². The number of nitrogens with zero attached hydrogens (tertiary/aromatic N) is 1. The molecule has 3 nitrogen and oxygen atoms in total. The maximum atomic E-state index is 11.5. The fraction of sp³-hybridized carbons (Fsp3) is 0.583. The molecule has 0 bridgehead atoms. The van der Waals surface area contributed by atoms with Crippen LogP contribution in [-0.4, -0.2) is 17.4 Å². The first kappa shape index (κ1) is 10.3. The molecule has 1 unspecified atom stereocenters. The summed E-state index contributed by atoms with van der Waals surface area (Å²) in [7, 11) is 0. The van der Waals surface area contributed by atoms with E-state index in [9.17, 15) is 4.79 Å². The highest BCUT2D eigenvalue weighted by Crippen LogP contribution is 2.30. The lowest BCUT2D eigenvalue weighted by Gasteiger charge is -2.27. The maximum absolute atomic E-state index is 11.5. The molecule has 0 aromatic carbocycles. The predicted molar refractivity (Wildman–Crippen MR) is 57.3 cm³/mol. The first-order chi connectivity index (χ1) is 7.29. The van der Waals surface area contributed by atoms with Gasteiger partial charge in [0.15, 0.2) is 0 Å². The van der Waals surface area contributed by atoms with Crippen molar-refractivity contribution in [2.45, 2.75) is 38.6 Å². The topological polar surface area (TPSA) is 33.5 Å². The van der Waals surface area contributed by atoms with E-state index < -0.39 is 0 Å². The van der Waals surface area contributed by atoms with Crippen LogP contribution in [0.2, 0.25) is 0 Å². The van der Waals surface area contributed by atoms with Gasteiger partial charge in [-0.05, 0) is 25.0 Å². The van der Waals surface area contributed by atoms with Crippen LogP contribution < -0.4 is 0 Å². The Labute approximate surface area is 90.1 Å². The van der Waals surface area contributed by atoms with Crippen LogP contribution in [0.4, 0.5) is 0 Å². The molecule has 0 radical (unpaired) electrons. The molecule has 0 spiro atoms. The van der Waals surface area contributed by atoms with Crippen molar-refractivity contribution in [2.75, 3.05) is 6.54 Å². The van der Waals surface area contributed by atoms with Crippen molar-refractivity contribution >= 4 is 5.91 Å². The summed E-state index contributed by atoms with van der Waals surface area (Å²) in [6.45, 7) is 2.50. The van der Waals surface area contributed by atoms with E-state index in [4.69, 9.17) is 4.42 Å². The van der Waals surface area contributed by atoms with Gasteiger partial charge in [-0.2, -0.15) is 0 Å². The third-order valence-corrected chi connectivity index (χ3v) is 3.03. The molecule has 1 atom stereocenters. The minimum absolute atomic E-state index is 0.151. The highest BCUT2D eigenvalue weighted by molar-refractivity contribution is 5.73. The molecule has 2 rings (SSSR count). The van der Waals surface area contributed by atoms with Gasteiger partial charge in [0.2, 0.25) is 5.91 Å². The molecule has 15 heavy (non-hydrogen) atoms. The Morgan fingerprint density at radius 1 is 1.47 bits per heavy atom. The second kappa shape index (κ2) is 4.51. The van der Waals surface area contributed by atoms with Gasteiger partial charge < -0.3 is 9.32 Å². The lowest BCUT2D eigenvalue weighted by atomic mass is 10.1. The molecule has 1 amide bonds. The second-order valence-corrected chi connectivity index (χ2v) is 4.09. The van der Waals surface area contributed by atoms with Crippen LogP contribution >= 0.6 is 0 Å². The highest BCUT2D eigenvalue weighted by Gasteiger charge is 2.26.